The number of nitrogens with zero attached hydrogens (tertiary/aromatic N) is 5. The zero-order chi connectivity index (χ0) is 23.9. The Bertz CT molecular complexity index is 1340. The van der Waals surface area contributed by atoms with E-state index in [1.165, 1.54) is 0 Å². The fourth-order valence-corrected chi connectivity index (χ4v) is 4.35. The quantitative estimate of drug-likeness (QED) is 0.476. The van der Waals surface area contributed by atoms with Crippen LogP contribution in [0.5, 0.6) is 0 Å². The molecule has 1 amide bonds. The summed E-state index contributed by atoms with van der Waals surface area (Å²) in [5.41, 5.74) is 4.13. The number of alkyl halides is 3. The van der Waals surface area contributed by atoms with Crippen molar-refractivity contribution in [1.82, 2.24) is 29.5 Å². The highest BCUT2D eigenvalue weighted by Gasteiger charge is 2.41. The lowest BCUT2D eigenvalue weighted by molar-refractivity contribution is -0.179. The number of carbonyl (C=O) groups excluding carboxylic acids is 1. The summed E-state index contributed by atoms with van der Waals surface area (Å²) in [4.78, 5) is 21.5. The van der Waals surface area contributed by atoms with Gasteiger partial charge in [0.2, 0.25) is 5.78 Å². The fourth-order valence-electron chi connectivity index (χ4n) is 4.35. The molecule has 1 aliphatic heterocycles. The monoisotopic (exact) mass is 468 g/mol. The van der Waals surface area contributed by atoms with Gasteiger partial charge in [0.25, 0.3) is 5.91 Å². The van der Waals surface area contributed by atoms with Crippen LogP contribution in [0.2, 0.25) is 0 Å². The van der Waals surface area contributed by atoms with E-state index in [0.29, 0.717) is 41.5 Å². The third kappa shape index (κ3) is 4.15. The van der Waals surface area contributed by atoms with Crippen molar-refractivity contribution in [3.8, 4) is 11.3 Å². The first kappa shape index (κ1) is 22.1. The van der Waals surface area contributed by atoms with E-state index < -0.39 is 12.1 Å². The Kier molecular flexibility index (Phi) is 5.59. The second-order valence-corrected chi connectivity index (χ2v) is 8.41. The van der Waals surface area contributed by atoms with Crippen molar-refractivity contribution in [1.29, 1.82) is 0 Å². The van der Waals surface area contributed by atoms with Crippen LogP contribution in [0, 0.1) is 5.92 Å². The molecule has 0 spiro atoms. The molecule has 0 fully saturated rings. The highest BCUT2D eigenvalue weighted by Crippen LogP contribution is 2.35. The number of rotatable bonds is 5. The summed E-state index contributed by atoms with van der Waals surface area (Å²) in [5, 5.41) is 7.42. The number of amides is 1. The van der Waals surface area contributed by atoms with E-state index in [1.54, 1.807) is 33.6 Å². The first-order chi connectivity index (χ1) is 16.3. The maximum atomic E-state index is 13.1. The molecule has 5 rings (SSSR count). The van der Waals surface area contributed by atoms with E-state index in [4.69, 9.17) is 0 Å². The Morgan fingerprint density at radius 2 is 2.03 bits per heavy atom. The molecule has 0 saturated heterocycles. The molecule has 4 aromatic rings. The summed E-state index contributed by atoms with van der Waals surface area (Å²) in [6.45, 7) is 2.53. The number of halogens is 3. The smallest absolute Gasteiger partial charge is 0.347 e. The summed E-state index contributed by atoms with van der Waals surface area (Å²) >= 11 is 0. The lowest BCUT2D eigenvalue weighted by Gasteiger charge is -2.25. The first-order valence-corrected chi connectivity index (χ1v) is 11.2. The Labute approximate surface area is 193 Å². The minimum atomic E-state index is -4.18. The van der Waals surface area contributed by atoms with Crippen molar-refractivity contribution in [3.63, 3.8) is 0 Å². The standard InChI is InChI=1S/C24H23F3N6O/c1-2-19-21(32-10-3-9-28-23(32)30-19)22(34)29-14-15-4-6-16(7-5-15)20-13-18-12-17(24(25,26)27)8-11-33(18)31-20/h3-7,9-10,13,17H,2,8,11-12,14H2,1H3,(H,29,34). The zero-order valence-electron chi connectivity index (χ0n) is 18.5. The van der Waals surface area contributed by atoms with Crippen LogP contribution in [0.1, 0.15) is 40.8 Å². The molecule has 1 N–H and O–H groups in total. The largest absolute Gasteiger partial charge is 0.392 e. The molecule has 0 radical (unpaired) electrons. The minimum absolute atomic E-state index is 0.0425. The van der Waals surface area contributed by atoms with Crippen LogP contribution in [0.3, 0.4) is 0 Å². The van der Waals surface area contributed by atoms with Crippen LogP contribution < -0.4 is 5.32 Å². The molecule has 0 aliphatic carbocycles. The SMILES string of the molecule is CCc1nc2ncccn2c1C(=O)NCc1ccc(-c2cc3n(n2)CCC(C(F)(F)F)C3)cc1. The Balaban J connectivity index is 1.27. The van der Waals surface area contributed by atoms with Gasteiger partial charge >= 0.3 is 6.18 Å². The van der Waals surface area contributed by atoms with Crippen molar-refractivity contribution in [2.24, 2.45) is 5.92 Å². The number of aromatic nitrogens is 5. The van der Waals surface area contributed by atoms with Crippen LogP contribution in [0.4, 0.5) is 13.2 Å². The number of benzene rings is 1. The molecule has 1 atom stereocenters. The molecule has 4 heterocycles. The summed E-state index contributed by atoms with van der Waals surface area (Å²) in [5.74, 6) is -1.06. The van der Waals surface area contributed by atoms with Crippen molar-refractivity contribution in [2.75, 3.05) is 0 Å². The topological polar surface area (TPSA) is 77.1 Å². The van der Waals surface area contributed by atoms with Gasteiger partial charge in [0.15, 0.2) is 0 Å². The summed E-state index contributed by atoms with van der Waals surface area (Å²) in [6, 6.07) is 11.0. The highest BCUT2D eigenvalue weighted by molar-refractivity contribution is 5.94. The lowest BCUT2D eigenvalue weighted by atomic mass is 9.95. The third-order valence-electron chi connectivity index (χ3n) is 6.20. The average Bonchev–Trinajstić information content (AvgIpc) is 3.43. The van der Waals surface area contributed by atoms with Gasteiger partial charge in [-0.2, -0.15) is 18.3 Å². The van der Waals surface area contributed by atoms with Crippen LogP contribution in [-0.4, -0.2) is 36.2 Å². The van der Waals surface area contributed by atoms with Crippen LogP contribution in [-0.2, 0) is 25.9 Å². The lowest BCUT2D eigenvalue weighted by Crippen LogP contribution is -2.31. The van der Waals surface area contributed by atoms with Gasteiger partial charge in [-0.05, 0) is 30.5 Å². The first-order valence-electron chi connectivity index (χ1n) is 11.2. The fraction of sp³-hybridized carbons (Fsp3) is 0.333. The van der Waals surface area contributed by atoms with Gasteiger partial charge in [-0.25, -0.2) is 9.97 Å². The molecular weight excluding hydrogens is 445 g/mol. The van der Waals surface area contributed by atoms with Gasteiger partial charge in [-0.1, -0.05) is 31.2 Å². The van der Waals surface area contributed by atoms with E-state index in [9.17, 15) is 18.0 Å². The van der Waals surface area contributed by atoms with Gasteiger partial charge in [0.1, 0.15) is 5.69 Å². The molecular formula is C24H23F3N6O. The number of carbonyl (C=O) groups is 1. The molecule has 3 aromatic heterocycles. The number of nitrogens with one attached hydrogen (secondary N) is 1. The molecule has 176 valence electrons. The number of fused-ring (bicyclic) bond motifs is 2. The number of imidazole rings is 1. The van der Waals surface area contributed by atoms with Crippen molar-refractivity contribution in [3.05, 3.63) is 71.4 Å². The Morgan fingerprint density at radius 1 is 1.24 bits per heavy atom. The third-order valence-corrected chi connectivity index (χ3v) is 6.20. The number of hydrogen-bond acceptors (Lipinski definition) is 4. The Morgan fingerprint density at radius 3 is 2.76 bits per heavy atom. The zero-order valence-corrected chi connectivity index (χ0v) is 18.5. The molecule has 1 unspecified atom stereocenters. The normalized spacial score (nSPS) is 15.9. The van der Waals surface area contributed by atoms with Crippen molar-refractivity contribution < 1.29 is 18.0 Å². The number of aryl methyl sites for hydroxylation is 2. The van der Waals surface area contributed by atoms with Gasteiger partial charge in [0, 0.05) is 43.2 Å². The van der Waals surface area contributed by atoms with Gasteiger partial charge in [-0.15, -0.1) is 0 Å². The summed E-state index contributed by atoms with van der Waals surface area (Å²) in [7, 11) is 0. The van der Waals surface area contributed by atoms with E-state index >= 15 is 0 Å². The van der Waals surface area contributed by atoms with Crippen molar-refractivity contribution in [2.45, 2.75) is 45.5 Å². The van der Waals surface area contributed by atoms with Gasteiger partial charge < -0.3 is 5.32 Å². The second kappa shape index (κ2) is 8.58. The highest BCUT2D eigenvalue weighted by atomic mass is 19.4. The molecule has 7 nitrogen and oxygen atoms in total. The molecule has 1 aliphatic rings. The van der Waals surface area contributed by atoms with Crippen LogP contribution >= 0.6 is 0 Å². The predicted octanol–water partition coefficient (Wildman–Crippen LogP) is 4.21. The molecule has 10 heteroatoms. The Hall–Kier alpha value is -3.69. The van der Waals surface area contributed by atoms with E-state index in [1.807, 2.05) is 31.2 Å². The summed E-state index contributed by atoms with van der Waals surface area (Å²) < 4.78 is 42.6. The molecule has 1 aromatic carbocycles. The average molecular weight is 468 g/mol. The van der Waals surface area contributed by atoms with Crippen molar-refractivity contribution >= 4 is 11.7 Å². The summed E-state index contributed by atoms with van der Waals surface area (Å²) in [6.07, 6.45) is -0.161. The second-order valence-electron chi connectivity index (χ2n) is 8.41. The molecule has 0 bridgehead atoms. The maximum absolute atomic E-state index is 13.1. The maximum Gasteiger partial charge on any atom is 0.392 e. The van der Waals surface area contributed by atoms with E-state index in [-0.39, 0.29) is 25.3 Å². The molecule has 0 saturated carbocycles. The van der Waals surface area contributed by atoms with Crippen LogP contribution in [0.25, 0.3) is 17.0 Å². The van der Waals surface area contributed by atoms with E-state index in [2.05, 4.69) is 20.4 Å². The number of hydrogen-bond donors (Lipinski definition) is 1. The van der Waals surface area contributed by atoms with E-state index in [0.717, 1.165) is 11.1 Å². The van der Waals surface area contributed by atoms with Gasteiger partial charge in [-0.3, -0.25) is 13.9 Å². The minimum Gasteiger partial charge on any atom is -0.347 e. The van der Waals surface area contributed by atoms with Gasteiger partial charge in [0.05, 0.1) is 17.3 Å². The molecule has 34 heavy (non-hydrogen) atoms. The van der Waals surface area contributed by atoms with Crippen LogP contribution in [0.15, 0.2) is 48.8 Å². The predicted molar refractivity (Wildman–Crippen MR) is 119 cm³/mol.